The molecule has 2 rings (SSSR count). The van der Waals surface area contributed by atoms with Crippen LogP contribution in [0.25, 0.3) is 0 Å². The Kier molecular flexibility index (Phi) is 12.8. The van der Waals surface area contributed by atoms with E-state index in [2.05, 4.69) is 39.0 Å². The lowest BCUT2D eigenvalue weighted by molar-refractivity contribution is 0.287. The number of aromatic nitrogens is 1. The number of nitrogens with zero attached hydrogens (tertiary/aromatic N) is 2. The van der Waals surface area contributed by atoms with Crippen LogP contribution in [0.15, 0.2) is 28.6 Å². The second kappa shape index (κ2) is 14.5. The highest BCUT2D eigenvalue weighted by Crippen LogP contribution is 2.30. The van der Waals surface area contributed by atoms with E-state index < -0.39 is 0 Å². The van der Waals surface area contributed by atoms with Crippen LogP contribution in [0.2, 0.25) is 0 Å². The third-order valence-corrected chi connectivity index (χ3v) is 5.45. The molecular formula is C22H35IN4O2S. The lowest BCUT2D eigenvalue weighted by Crippen LogP contribution is -2.39. The summed E-state index contributed by atoms with van der Waals surface area (Å²) in [5.41, 5.74) is 2.24. The van der Waals surface area contributed by atoms with Crippen molar-refractivity contribution >= 4 is 41.3 Å². The Bertz CT molecular complexity index is 782. The Balaban J connectivity index is 0.00000450. The molecule has 0 saturated carbocycles. The normalized spacial score (nSPS) is 12.1. The molecular weight excluding hydrogens is 511 g/mol. The molecule has 168 valence electrons. The van der Waals surface area contributed by atoms with Crippen LogP contribution < -0.4 is 20.1 Å². The molecule has 30 heavy (non-hydrogen) atoms. The number of unbranched alkanes of at least 4 members (excludes halogenated alkanes) is 1. The first-order chi connectivity index (χ1) is 14.1. The van der Waals surface area contributed by atoms with Crippen LogP contribution in [0, 0.1) is 6.92 Å². The van der Waals surface area contributed by atoms with Crippen molar-refractivity contribution in [1.29, 1.82) is 0 Å². The highest BCUT2D eigenvalue weighted by Gasteiger charge is 2.12. The number of nitrogens with one attached hydrogen (secondary N) is 2. The lowest BCUT2D eigenvalue weighted by atomic mass is 10.1. The highest BCUT2D eigenvalue weighted by atomic mass is 127. The van der Waals surface area contributed by atoms with E-state index in [1.807, 2.05) is 32.9 Å². The van der Waals surface area contributed by atoms with Crippen LogP contribution in [-0.2, 0) is 6.42 Å². The summed E-state index contributed by atoms with van der Waals surface area (Å²) in [6, 6.07) is 6.16. The Labute approximate surface area is 201 Å². The quantitative estimate of drug-likeness (QED) is 0.177. The van der Waals surface area contributed by atoms with Crippen molar-refractivity contribution < 1.29 is 9.47 Å². The monoisotopic (exact) mass is 546 g/mol. The van der Waals surface area contributed by atoms with Crippen LogP contribution in [0.5, 0.6) is 11.5 Å². The van der Waals surface area contributed by atoms with Gasteiger partial charge in [-0.1, -0.05) is 6.07 Å². The molecule has 0 fully saturated rings. The molecule has 0 aliphatic carbocycles. The van der Waals surface area contributed by atoms with Gasteiger partial charge in [-0.3, -0.25) is 4.99 Å². The van der Waals surface area contributed by atoms with Gasteiger partial charge in [-0.05, 0) is 64.7 Å². The van der Waals surface area contributed by atoms with E-state index in [4.69, 9.17) is 9.47 Å². The highest BCUT2D eigenvalue weighted by molar-refractivity contribution is 14.0. The van der Waals surface area contributed by atoms with Gasteiger partial charge in [0.05, 0.1) is 24.3 Å². The zero-order chi connectivity index (χ0) is 21.1. The summed E-state index contributed by atoms with van der Waals surface area (Å²) in [4.78, 5) is 8.86. The molecule has 0 bridgehead atoms. The number of thiazole rings is 1. The lowest BCUT2D eigenvalue weighted by Gasteiger charge is -2.20. The maximum atomic E-state index is 5.74. The Morgan fingerprint density at radius 1 is 1.17 bits per heavy atom. The fraction of sp³-hybridized carbons (Fsp3) is 0.545. The van der Waals surface area contributed by atoms with Crippen molar-refractivity contribution in [2.24, 2.45) is 4.99 Å². The summed E-state index contributed by atoms with van der Waals surface area (Å²) in [5.74, 6) is 2.36. The van der Waals surface area contributed by atoms with Gasteiger partial charge in [-0.25, -0.2) is 4.98 Å². The zero-order valence-electron chi connectivity index (χ0n) is 18.7. The van der Waals surface area contributed by atoms with Gasteiger partial charge in [-0.2, -0.15) is 0 Å². The number of benzene rings is 1. The smallest absolute Gasteiger partial charge is 0.191 e. The zero-order valence-corrected chi connectivity index (χ0v) is 21.8. The van der Waals surface area contributed by atoms with Gasteiger partial charge in [0.25, 0.3) is 0 Å². The number of aliphatic imine (C=N–C) groups is 1. The van der Waals surface area contributed by atoms with E-state index in [1.165, 1.54) is 5.01 Å². The summed E-state index contributed by atoms with van der Waals surface area (Å²) in [7, 11) is 1.80. The van der Waals surface area contributed by atoms with E-state index in [-0.39, 0.29) is 30.0 Å². The third kappa shape index (κ3) is 8.67. The van der Waals surface area contributed by atoms with Crippen molar-refractivity contribution in [3.8, 4) is 11.5 Å². The van der Waals surface area contributed by atoms with E-state index in [0.717, 1.165) is 54.5 Å². The molecule has 0 aliphatic rings. The number of aryl methyl sites for hydroxylation is 2. The van der Waals surface area contributed by atoms with Gasteiger partial charge in [-0.15, -0.1) is 35.3 Å². The molecule has 1 unspecified atom stereocenters. The van der Waals surface area contributed by atoms with E-state index in [0.29, 0.717) is 13.2 Å². The minimum Gasteiger partial charge on any atom is -0.490 e. The maximum Gasteiger partial charge on any atom is 0.191 e. The second-order valence-electron chi connectivity index (χ2n) is 6.78. The standard InChI is InChI=1S/C22H34N4O2S.HI/c1-6-27-19-12-11-18(14-20(19)28-7-2)17(4)26-22(23-5)24-13-9-8-10-21-25-16(3)15-29-21;/h11-12,14-15,17H,6-10,13H2,1-5H3,(H2,23,24,26);1H. The minimum absolute atomic E-state index is 0. The number of ether oxygens (including phenoxy) is 2. The number of halogens is 1. The van der Waals surface area contributed by atoms with Crippen LogP contribution in [0.4, 0.5) is 0 Å². The molecule has 1 aromatic carbocycles. The predicted molar refractivity (Wildman–Crippen MR) is 137 cm³/mol. The van der Waals surface area contributed by atoms with Crippen molar-refractivity contribution in [2.45, 2.75) is 53.0 Å². The van der Waals surface area contributed by atoms with Gasteiger partial charge in [0.2, 0.25) is 0 Å². The van der Waals surface area contributed by atoms with Gasteiger partial charge in [0.15, 0.2) is 17.5 Å². The summed E-state index contributed by atoms with van der Waals surface area (Å²) in [6.45, 7) is 10.2. The van der Waals surface area contributed by atoms with Crippen LogP contribution in [0.1, 0.15) is 55.9 Å². The molecule has 0 radical (unpaired) electrons. The summed E-state index contributed by atoms with van der Waals surface area (Å²) in [6.07, 6.45) is 3.23. The first-order valence-electron chi connectivity index (χ1n) is 10.3. The third-order valence-electron chi connectivity index (χ3n) is 4.42. The molecule has 2 N–H and O–H groups in total. The van der Waals surface area contributed by atoms with Crippen molar-refractivity contribution in [3.63, 3.8) is 0 Å². The largest absolute Gasteiger partial charge is 0.490 e. The Hall–Kier alpha value is -1.55. The van der Waals surface area contributed by atoms with E-state index in [1.54, 1.807) is 18.4 Å². The van der Waals surface area contributed by atoms with Crippen molar-refractivity contribution in [1.82, 2.24) is 15.6 Å². The molecule has 0 spiro atoms. The van der Waals surface area contributed by atoms with Gasteiger partial charge < -0.3 is 20.1 Å². The number of hydrogen-bond donors (Lipinski definition) is 2. The average Bonchev–Trinajstić information content (AvgIpc) is 3.13. The SMILES string of the molecule is CCOc1ccc(C(C)NC(=NC)NCCCCc2nc(C)cs2)cc1OCC.I. The molecule has 6 nitrogen and oxygen atoms in total. The van der Waals surface area contributed by atoms with Crippen molar-refractivity contribution in [2.75, 3.05) is 26.8 Å². The van der Waals surface area contributed by atoms with Crippen LogP contribution >= 0.6 is 35.3 Å². The molecule has 0 aliphatic heterocycles. The summed E-state index contributed by atoms with van der Waals surface area (Å²) < 4.78 is 11.4. The molecule has 0 amide bonds. The molecule has 8 heteroatoms. The predicted octanol–water partition coefficient (Wildman–Crippen LogP) is 5.12. The molecule has 2 aromatic rings. The minimum atomic E-state index is 0. The Morgan fingerprint density at radius 2 is 1.90 bits per heavy atom. The fourth-order valence-electron chi connectivity index (χ4n) is 2.95. The number of rotatable bonds is 11. The van der Waals surface area contributed by atoms with Gasteiger partial charge in [0.1, 0.15) is 0 Å². The number of guanidine groups is 1. The van der Waals surface area contributed by atoms with E-state index >= 15 is 0 Å². The maximum absolute atomic E-state index is 5.74. The average molecular weight is 547 g/mol. The molecule has 1 heterocycles. The molecule has 1 aromatic heterocycles. The van der Waals surface area contributed by atoms with Crippen molar-refractivity contribution in [3.05, 3.63) is 39.8 Å². The number of hydrogen-bond acceptors (Lipinski definition) is 5. The van der Waals surface area contributed by atoms with Crippen LogP contribution in [-0.4, -0.2) is 37.7 Å². The van der Waals surface area contributed by atoms with E-state index in [9.17, 15) is 0 Å². The first-order valence-corrected chi connectivity index (χ1v) is 11.2. The topological polar surface area (TPSA) is 67.8 Å². The molecule has 1 atom stereocenters. The van der Waals surface area contributed by atoms with Gasteiger partial charge >= 0.3 is 0 Å². The second-order valence-corrected chi connectivity index (χ2v) is 7.72. The summed E-state index contributed by atoms with van der Waals surface area (Å²) in [5, 5.41) is 10.2. The van der Waals surface area contributed by atoms with Crippen LogP contribution in [0.3, 0.4) is 0 Å². The summed E-state index contributed by atoms with van der Waals surface area (Å²) >= 11 is 1.75. The Morgan fingerprint density at radius 3 is 2.53 bits per heavy atom. The molecule has 0 saturated heterocycles. The van der Waals surface area contributed by atoms with Gasteiger partial charge in [0, 0.05) is 24.7 Å². The fourth-order valence-corrected chi connectivity index (χ4v) is 3.76. The first kappa shape index (κ1) is 26.5.